The summed E-state index contributed by atoms with van der Waals surface area (Å²) in [5.74, 6) is 0.0465. The zero-order chi connectivity index (χ0) is 11.7. The van der Waals surface area contributed by atoms with Gasteiger partial charge in [-0.25, -0.2) is 4.39 Å². The van der Waals surface area contributed by atoms with Gasteiger partial charge in [0.25, 0.3) is 0 Å². The van der Waals surface area contributed by atoms with Gasteiger partial charge in [-0.05, 0) is 61.8 Å². The Kier molecular flexibility index (Phi) is 3.15. The van der Waals surface area contributed by atoms with Crippen LogP contribution in [0.15, 0.2) is 12.1 Å². The van der Waals surface area contributed by atoms with Crippen LogP contribution >= 0.6 is 0 Å². The molecule has 0 heterocycles. The number of hydrogen-bond donors (Lipinski definition) is 2. The zero-order valence-electron chi connectivity index (χ0n) is 9.54. The van der Waals surface area contributed by atoms with E-state index in [1.165, 1.54) is 0 Å². The van der Waals surface area contributed by atoms with E-state index in [-0.39, 0.29) is 17.6 Å². The highest BCUT2D eigenvalue weighted by Gasteiger charge is 2.22. The van der Waals surface area contributed by atoms with E-state index in [0.29, 0.717) is 5.92 Å². The van der Waals surface area contributed by atoms with Crippen molar-refractivity contribution in [1.82, 2.24) is 0 Å². The largest absolute Gasteiger partial charge is 0.396 e. The Morgan fingerprint density at radius 3 is 2.50 bits per heavy atom. The lowest BCUT2D eigenvalue weighted by Crippen LogP contribution is -2.17. The first-order valence-corrected chi connectivity index (χ1v) is 5.81. The van der Waals surface area contributed by atoms with E-state index >= 15 is 0 Å². The maximum Gasteiger partial charge on any atom is 0.146 e. The van der Waals surface area contributed by atoms with Gasteiger partial charge >= 0.3 is 0 Å². The van der Waals surface area contributed by atoms with Crippen molar-refractivity contribution in [3.63, 3.8) is 0 Å². The van der Waals surface area contributed by atoms with Crippen molar-refractivity contribution in [3.8, 4) is 0 Å². The molecule has 16 heavy (non-hydrogen) atoms. The second-order valence-corrected chi connectivity index (χ2v) is 4.74. The maximum absolute atomic E-state index is 13.4. The number of halogens is 1. The second-order valence-electron chi connectivity index (χ2n) is 4.74. The Morgan fingerprint density at radius 2 is 1.88 bits per heavy atom. The molecule has 0 unspecified atom stereocenters. The van der Waals surface area contributed by atoms with Crippen molar-refractivity contribution in [2.24, 2.45) is 0 Å². The number of aliphatic hydroxyl groups is 1. The van der Waals surface area contributed by atoms with Gasteiger partial charge in [0.2, 0.25) is 0 Å². The normalized spacial score (nSPS) is 25.7. The number of nitrogens with two attached hydrogens (primary N) is 1. The summed E-state index contributed by atoms with van der Waals surface area (Å²) >= 11 is 0. The molecule has 0 bridgehead atoms. The van der Waals surface area contributed by atoms with Crippen molar-refractivity contribution >= 4 is 5.69 Å². The Balaban J connectivity index is 2.23. The fourth-order valence-corrected chi connectivity index (χ4v) is 2.55. The van der Waals surface area contributed by atoms with Gasteiger partial charge in [0.1, 0.15) is 5.82 Å². The Hall–Kier alpha value is -1.09. The topological polar surface area (TPSA) is 46.2 Å². The molecule has 2 rings (SSSR count). The second kappa shape index (κ2) is 4.42. The summed E-state index contributed by atoms with van der Waals surface area (Å²) in [5, 5.41) is 9.45. The van der Waals surface area contributed by atoms with Crippen LogP contribution in [0, 0.1) is 12.7 Å². The average Bonchev–Trinajstić information content (AvgIpc) is 2.25. The quantitative estimate of drug-likeness (QED) is 0.719. The maximum atomic E-state index is 13.4. The van der Waals surface area contributed by atoms with E-state index in [0.717, 1.165) is 36.8 Å². The average molecular weight is 223 g/mol. The van der Waals surface area contributed by atoms with E-state index in [4.69, 9.17) is 5.73 Å². The molecule has 1 aromatic rings. The monoisotopic (exact) mass is 223 g/mol. The van der Waals surface area contributed by atoms with Gasteiger partial charge < -0.3 is 10.8 Å². The number of benzene rings is 1. The molecule has 1 aliphatic carbocycles. The van der Waals surface area contributed by atoms with Crippen LogP contribution in [0.2, 0.25) is 0 Å². The van der Waals surface area contributed by atoms with Crippen LogP contribution in [0.4, 0.5) is 10.1 Å². The van der Waals surface area contributed by atoms with E-state index in [9.17, 15) is 9.50 Å². The number of rotatable bonds is 1. The molecule has 3 heteroatoms. The van der Waals surface area contributed by atoms with E-state index in [2.05, 4.69) is 0 Å². The van der Waals surface area contributed by atoms with Crippen molar-refractivity contribution in [3.05, 3.63) is 29.1 Å². The number of aryl methyl sites for hydroxylation is 1. The number of hydrogen-bond acceptors (Lipinski definition) is 2. The summed E-state index contributed by atoms with van der Waals surface area (Å²) in [6, 6.07) is 3.27. The summed E-state index contributed by atoms with van der Waals surface area (Å²) < 4.78 is 13.4. The molecule has 0 aliphatic heterocycles. The Bertz CT molecular complexity index is 384. The standard InChI is InChI=1S/C13H18FNO/c1-8-6-13(15)12(14)7-11(8)9-2-4-10(16)5-3-9/h6-7,9-10,16H,2-5,15H2,1H3. The third-order valence-electron chi connectivity index (χ3n) is 3.52. The van der Waals surface area contributed by atoms with Crippen molar-refractivity contribution in [2.45, 2.75) is 44.6 Å². The van der Waals surface area contributed by atoms with Crippen LogP contribution in [0.1, 0.15) is 42.7 Å². The lowest BCUT2D eigenvalue weighted by atomic mass is 9.81. The molecule has 0 saturated heterocycles. The minimum absolute atomic E-state index is 0.171. The van der Waals surface area contributed by atoms with Crippen LogP contribution in [0.5, 0.6) is 0 Å². The van der Waals surface area contributed by atoms with E-state index in [1.54, 1.807) is 12.1 Å². The molecule has 0 aromatic heterocycles. The third kappa shape index (κ3) is 2.19. The molecule has 0 amide bonds. The molecule has 1 aromatic carbocycles. The third-order valence-corrected chi connectivity index (χ3v) is 3.52. The SMILES string of the molecule is Cc1cc(N)c(F)cc1C1CCC(O)CC1. The molecule has 0 spiro atoms. The molecule has 3 N–H and O–H groups in total. The predicted octanol–water partition coefficient (Wildman–Crippen LogP) is 2.73. The summed E-state index contributed by atoms with van der Waals surface area (Å²) in [7, 11) is 0. The molecule has 2 nitrogen and oxygen atoms in total. The number of anilines is 1. The molecule has 1 saturated carbocycles. The lowest BCUT2D eigenvalue weighted by Gasteiger charge is -2.27. The van der Waals surface area contributed by atoms with Crippen LogP contribution in [0.3, 0.4) is 0 Å². The highest BCUT2D eigenvalue weighted by molar-refractivity contribution is 5.47. The van der Waals surface area contributed by atoms with E-state index < -0.39 is 0 Å². The van der Waals surface area contributed by atoms with Crippen LogP contribution in [0.25, 0.3) is 0 Å². The van der Waals surface area contributed by atoms with Gasteiger partial charge in [0.15, 0.2) is 0 Å². The fourth-order valence-electron chi connectivity index (χ4n) is 2.55. The van der Waals surface area contributed by atoms with Crippen LogP contribution in [-0.4, -0.2) is 11.2 Å². The van der Waals surface area contributed by atoms with Crippen molar-refractivity contribution in [2.75, 3.05) is 5.73 Å². The Morgan fingerprint density at radius 1 is 1.25 bits per heavy atom. The van der Waals surface area contributed by atoms with Crippen LogP contribution in [-0.2, 0) is 0 Å². The molecular weight excluding hydrogens is 205 g/mol. The number of aliphatic hydroxyl groups excluding tert-OH is 1. The minimum atomic E-state index is -0.327. The molecule has 88 valence electrons. The van der Waals surface area contributed by atoms with Gasteiger partial charge in [-0.15, -0.1) is 0 Å². The number of nitrogen functional groups attached to an aromatic ring is 1. The summed E-state index contributed by atoms with van der Waals surface area (Å²) in [6.45, 7) is 1.97. The fraction of sp³-hybridized carbons (Fsp3) is 0.538. The predicted molar refractivity (Wildman–Crippen MR) is 62.8 cm³/mol. The molecule has 1 aliphatic rings. The van der Waals surface area contributed by atoms with Crippen molar-refractivity contribution < 1.29 is 9.50 Å². The summed E-state index contributed by atoms with van der Waals surface area (Å²) in [4.78, 5) is 0. The molecule has 0 atom stereocenters. The Labute approximate surface area is 95.3 Å². The summed E-state index contributed by atoms with van der Waals surface area (Å²) in [5.41, 5.74) is 7.86. The van der Waals surface area contributed by atoms with Gasteiger partial charge in [0, 0.05) is 0 Å². The minimum Gasteiger partial charge on any atom is -0.396 e. The lowest BCUT2D eigenvalue weighted by molar-refractivity contribution is 0.122. The van der Waals surface area contributed by atoms with Crippen LogP contribution < -0.4 is 5.73 Å². The first-order valence-electron chi connectivity index (χ1n) is 5.81. The van der Waals surface area contributed by atoms with Gasteiger partial charge in [-0.3, -0.25) is 0 Å². The molecular formula is C13H18FNO. The highest BCUT2D eigenvalue weighted by Crippen LogP contribution is 2.35. The zero-order valence-corrected chi connectivity index (χ0v) is 9.54. The molecule has 1 fully saturated rings. The highest BCUT2D eigenvalue weighted by atomic mass is 19.1. The molecule has 0 radical (unpaired) electrons. The first-order chi connectivity index (χ1) is 7.58. The van der Waals surface area contributed by atoms with Gasteiger partial charge in [0.05, 0.1) is 11.8 Å². The van der Waals surface area contributed by atoms with Gasteiger partial charge in [-0.1, -0.05) is 0 Å². The summed E-state index contributed by atoms with van der Waals surface area (Å²) in [6.07, 6.45) is 3.33. The van der Waals surface area contributed by atoms with Gasteiger partial charge in [-0.2, -0.15) is 0 Å². The first kappa shape index (κ1) is 11.4. The van der Waals surface area contributed by atoms with Crippen molar-refractivity contribution in [1.29, 1.82) is 0 Å². The smallest absolute Gasteiger partial charge is 0.146 e. The van der Waals surface area contributed by atoms with E-state index in [1.807, 2.05) is 6.92 Å².